The largest absolute Gasteiger partial charge is 0.338 e. The van der Waals surface area contributed by atoms with Crippen LogP contribution < -0.4 is 10.2 Å². The summed E-state index contributed by atoms with van der Waals surface area (Å²) in [5.41, 5.74) is 2.23. The minimum absolute atomic E-state index is 0.239. The zero-order valence-electron chi connectivity index (χ0n) is 15.1. The van der Waals surface area contributed by atoms with Gasteiger partial charge < -0.3 is 15.1 Å². The van der Waals surface area contributed by atoms with E-state index in [1.807, 2.05) is 0 Å². The number of thiocarbonyl (C=S) groups is 1. The fourth-order valence-corrected chi connectivity index (χ4v) is 3.95. The number of nitrogens with zero attached hydrogens (tertiary/aromatic N) is 1. The summed E-state index contributed by atoms with van der Waals surface area (Å²) in [6.07, 6.45) is 0. The first kappa shape index (κ1) is 17.9. The molecule has 3 aromatic carbocycles. The van der Waals surface area contributed by atoms with Crippen molar-refractivity contribution in [1.82, 2.24) is 4.90 Å². The molecule has 1 aliphatic heterocycles. The standard InChI is InChI=1S/C22H22FN3S/c23-19-8-10-20(11-9-19)24-22(27)26-14-12-25(13-15-26)16-18-6-3-5-17-4-1-2-7-21(17)18/h1-11H,12-16H2,(H,24,27)/p+1. The van der Waals surface area contributed by atoms with E-state index in [9.17, 15) is 4.39 Å². The Balaban J connectivity index is 1.34. The molecule has 1 fully saturated rings. The van der Waals surface area contributed by atoms with Gasteiger partial charge >= 0.3 is 0 Å². The van der Waals surface area contributed by atoms with Crippen molar-refractivity contribution in [2.45, 2.75) is 6.54 Å². The number of benzene rings is 3. The van der Waals surface area contributed by atoms with Crippen LogP contribution in [0.2, 0.25) is 0 Å². The first-order chi connectivity index (χ1) is 13.2. The Kier molecular flexibility index (Phi) is 5.32. The second-order valence-electron chi connectivity index (χ2n) is 6.99. The average Bonchev–Trinajstić information content (AvgIpc) is 2.70. The molecule has 0 aromatic heterocycles. The predicted molar refractivity (Wildman–Crippen MR) is 113 cm³/mol. The highest BCUT2D eigenvalue weighted by Gasteiger charge is 2.22. The summed E-state index contributed by atoms with van der Waals surface area (Å²) in [4.78, 5) is 3.78. The van der Waals surface area contributed by atoms with Crippen LogP contribution >= 0.6 is 12.2 Å². The number of anilines is 1. The number of piperazine rings is 1. The molecular weight excluding hydrogens is 357 g/mol. The van der Waals surface area contributed by atoms with Crippen LogP contribution in [-0.4, -0.2) is 36.2 Å². The molecule has 0 aliphatic carbocycles. The van der Waals surface area contributed by atoms with Crippen LogP contribution in [0.15, 0.2) is 66.7 Å². The van der Waals surface area contributed by atoms with Crippen LogP contribution in [0.5, 0.6) is 0 Å². The van der Waals surface area contributed by atoms with Gasteiger partial charge in [-0.25, -0.2) is 4.39 Å². The molecule has 0 saturated carbocycles. The molecule has 1 aliphatic rings. The molecule has 0 unspecified atom stereocenters. The van der Waals surface area contributed by atoms with Gasteiger partial charge in [-0.2, -0.15) is 0 Å². The molecule has 3 nitrogen and oxygen atoms in total. The van der Waals surface area contributed by atoms with E-state index in [-0.39, 0.29) is 5.82 Å². The third kappa shape index (κ3) is 4.26. The first-order valence-corrected chi connectivity index (χ1v) is 9.71. The number of rotatable bonds is 3. The Labute approximate surface area is 164 Å². The van der Waals surface area contributed by atoms with Crippen LogP contribution in [0.25, 0.3) is 10.8 Å². The molecule has 2 N–H and O–H groups in total. The van der Waals surface area contributed by atoms with Gasteiger partial charge in [-0.15, -0.1) is 0 Å². The van der Waals surface area contributed by atoms with Gasteiger partial charge in [-0.1, -0.05) is 42.5 Å². The molecule has 3 aromatic rings. The van der Waals surface area contributed by atoms with Crippen molar-refractivity contribution < 1.29 is 9.29 Å². The molecule has 0 radical (unpaired) electrons. The maximum Gasteiger partial charge on any atom is 0.173 e. The number of nitrogens with one attached hydrogen (secondary N) is 2. The fraction of sp³-hybridized carbons (Fsp3) is 0.227. The Hall–Kier alpha value is -2.50. The lowest BCUT2D eigenvalue weighted by Crippen LogP contribution is -3.13. The number of fused-ring (bicyclic) bond motifs is 1. The van der Waals surface area contributed by atoms with Crippen molar-refractivity contribution in [3.05, 3.63) is 78.1 Å². The van der Waals surface area contributed by atoms with Crippen LogP contribution in [0.3, 0.4) is 0 Å². The summed E-state index contributed by atoms with van der Waals surface area (Å²) in [5, 5.41) is 6.58. The van der Waals surface area contributed by atoms with Crippen molar-refractivity contribution in [3.63, 3.8) is 0 Å². The highest BCUT2D eigenvalue weighted by molar-refractivity contribution is 7.80. The normalized spacial score (nSPS) is 15.1. The third-order valence-corrected chi connectivity index (χ3v) is 5.53. The van der Waals surface area contributed by atoms with Crippen molar-refractivity contribution >= 4 is 33.8 Å². The fourth-order valence-electron chi connectivity index (χ4n) is 3.65. The molecule has 0 amide bonds. The van der Waals surface area contributed by atoms with E-state index in [0.717, 1.165) is 38.4 Å². The molecule has 138 valence electrons. The minimum Gasteiger partial charge on any atom is -0.338 e. The lowest BCUT2D eigenvalue weighted by molar-refractivity contribution is -0.917. The van der Waals surface area contributed by atoms with Gasteiger partial charge in [0.25, 0.3) is 0 Å². The summed E-state index contributed by atoms with van der Waals surface area (Å²) in [6, 6.07) is 21.4. The molecule has 0 bridgehead atoms. The minimum atomic E-state index is -0.239. The van der Waals surface area contributed by atoms with E-state index >= 15 is 0 Å². The second kappa shape index (κ2) is 8.03. The van der Waals surface area contributed by atoms with E-state index < -0.39 is 0 Å². The number of hydrogen-bond acceptors (Lipinski definition) is 1. The summed E-state index contributed by atoms with van der Waals surface area (Å²) >= 11 is 5.53. The molecule has 5 heteroatoms. The van der Waals surface area contributed by atoms with Crippen LogP contribution in [0.4, 0.5) is 10.1 Å². The van der Waals surface area contributed by atoms with Crippen molar-refractivity contribution in [2.75, 3.05) is 31.5 Å². The average molecular weight is 381 g/mol. The maximum atomic E-state index is 13.0. The van der Waals surface area contributed by atoms with Gasteiger partial charge in [0.1, 0.15) is 12.4 Å². The Morgan fingerprint density at radius 3 is 2.44 bits per heavy atom. The summed E-state index contributed by atoms with van der Waals surface area (Å²) in [6.45, 7) is 4.98. The van der Waals surface area contributed by atoms with E-state index in [0.29, 0.717) is 5.11 Å². The van der Waals surface area contributed by atoms with Crippen molar-refractivity contribution in [3.8, 4) is 0 Å². The molecule has 1 saturated heterocycles. The lowest BCUT2D eigenvalue weighted by atomic mass is 10.0. The van der Waals surface area contributed by atoms with Gasteiger partial charge in [0.15, 0.2) is 5.11 Å². The van der Waals surface area contributed by atoms with E-state index in [1.165, 1.54) is 28.5 Å². The highest BCUT2D eigenvalue weighted by atomic mass is 32.1. The van der Waals surface area contributed by atoms with E-state index in [2.05, 4.69) is 52.7 Å². The van der Waals surface area contributed by atoms with Gasteiger partial charge in [0, 0.05) is 11.3 Å². The quantitative estimate of drug-likeness (QED) is 0.682. The Bertz CT molecular complexity index is 928. The Morgan fingerprint density at radius 1 is 0.963 bits per heavy atom. The Morgan fingerprint density at radius 2 is 1.67 bits per heavy atom. The number of hydrogen-bond donors (Lipinski definition) is 2. The van der Waals surface area contributed by atoms with Crippen molar-refractivity contribution in [1.29, 1.82) is 0 Å². The number of quaternary nitrogens is 1. The zero-order valence-corrected chi connectivity index (χ0v) is 15.9. The summed E-state index contributed by atoms with van der Waals surface area (Å²) < 4.78 is 13.0. The smallest absolute Gasteiger partial charge is 0.173 e. The maximum absolute atomic E-state index is 13.0. The van der Waals surface area contributed by atoms with Gasteiger partial charge in [0.05, 0.1) is 26.2 Å². The van der Waals surface area contributed by atoms with Crippen LogP contribution in [0, 0.1) is 5.82 Å². The van der Waals surface area contributed by atoms with Gasteiger partial charge in [-0.05, 0) is 47.3 Å². The molecule has 27 heavy (non-hydrogen) atoms. The summed E-state index contributed by atoms with van der Waals surface area (Å²) in [5.74, 6) is -0.239. The predicted octanol–water partition coefficient (Wildman–Crippen LogP) is 3.08. The SMILES string of the molecule is Fc1ccc(NC(=S)N2CC[NH+](Cc3cccc4ccccc34)CC2)cc1. The van der Waals surface area contributed by atoms with Crippen molar-refractivity contribution in [2.24, 2.45) is 0 Å². The highest BCUT2D eigenvalue weighted by Crippen LogP contribution is 2.17. The van der Waals surface area contributed by atoms with E-state index in [4.69, 9.17) is 12.2 Å². The molecular formula is C22H23FN3S+. The summed E-state index contributed by atoms with van der Waals surface area (Å²) in [7, 11) is 0. The molecule has 1 heterocycles. The second-order valence-corrected chi connectivity index (χ2v) is 7.38. The lowest BCUT2D eigenvalue weighted by Gasteiger charge is -2.34. The van der Waals surface area contributed by atoms with Crippen LogP contribution in [0.1, 0.15) is 5.56 Å². The first-order valence-electron chi connectivity index (χ1n) is 9.31. The zero-order chi connectivity index (χ0) is 18.6. The van der Waals surface area contributed by atoms with Gasteiger partial charge in [0.2, 0.25) is 0 Å². The molecule has 0 spiro atoms. The molecule has 4 rings (SSSR count). The van der Waals surface area contributed by atoms with E-state index in [1.54, 1.807) is 17.0 Å². The molecule has 0 atom stereocenters. The van der Waals surface area contributed by atoms with Gasteiger partial charge in [-0.3, -0.25) is 0 Å². The third-order valence-electron chi connectivity index (χ3n) is 5.17. The number of halogens is 1. The topological polar surface area (TPSA) is 19.7 Å². The van der Waals surface area contributed by atoms with Crippen LogP contribution in [-0.2, 0) is 6.54 Å². The monoisotopic (exact) mass is 380 g/mol.